The number of nitrogen functional groups attached to an aromatic ring is 1. The number of nitrogens with one attached hydrogen (secondary N) is 1. The zero-order chi connectivity index (χ0) is 32.0. The molecule has 0 fully saturated rings. The van der Waals surface area contributed by atoms with E-state index in [9.17, 15) is 14.4 Å². The van der Waals surface area contributed by atoms with Gasteiger partial charge >= 0.3 is 0 Å². The van der Waals surface area contributed by atoms with Crippen LogP contribution in [0.4, 0.5) is 11.9 Å². The Morgan fingerprint density at radius 3 is 2.29 bits per heavy atom. The number of rotatable bonds is 9. The van der Waals surface area contributed by atoms with E-state index in [1.54, 1.807) is 33.5 Å². The minimum Gasteiger partial charge on any atom is -0.485 e. The molecule has 232 valence electrons. The molecule has 4 heterocycles. The largest absolute Gasteiger partial charge is 0.485 e. The number of imidazole rings is 2. The van der Waals surface area contributed by atoms with E-state index in [0.29, 0.717) is 59.8 Å². The molecule has 0 aliphatic carbocycles. The quantitative estimate of drug-likeness (QED) is 0.179. The molecule has 1 aliphatic heterocycles. The molecule has 6 rings (SSSR count). The number of fused-ring (bicyclic) bond motifs is 4. The standard InChI is InChI=1S/C30H32N10O5/c1-4-40-21(12-16(3)37-40)28(43)36-30-35-19-13-17(26(31)41)11-15(2)22(19)39(30)8-6-5-7-38-23-20(34-29(38)33)14-18(27(32)42)24-25(23)45-10-9-44-24/h5-6,11-14H,4,7-10H2,1-3H3,(H2,31,41)(H2,32,42)(H2,33,34)(H,35,36,43)/b6-5+. The van der Waals surface area contributed by atoms with Crippen LogP contribution in [0.5, 0.6) is 11.5 Å². The average Bonchev–Trinajstić information content (AvgIpc) is 3.66. The Morgan fingerprint density at radius 2 is 1.60 bits per heavy atom. The summed E-state index contributed by atoms with van der Waals surface area (Å²) in [4.78, 5) is 46.4. The van der Waals surface area contributed by atoms with Gasteiger partial charge in [0.05, 0.1) is 27.8 Å². The van der Waals surface area contributed by atoms with Crippen molar-refractivity contribution >= 4 is 51.7 Å². The van der Waals surface area contributed by atoms with Crippen molar-refractivity contribution in [2.45, 2.75) is 40.4 Å². The number of amides is 3. The SMILES string of the molecule is CCn1nc(C)cc1C(=O)Nc1nc2cc(C(N)=O)cc(C)c2n1C/C=C/Cn1c(N)nc2cc(C(N)=O)c3c(c21)OCCO3. The van der Waals surface area contributed by atoms with Crippen LogP contribution in [0.25, 0.3) is 22.1 Å². The molecule has 15 nitrogen and oxygen atoms in total. The van der Waals surface area contributed by atoms with Gasteiger partial charge in [0.25, 0.3) is 11.8 Å². The zero-order valence-electron chi connectivity index (χ0n) is 25.0. The Hall–Kier alpha value is -5.86. The number of carbonyl (C=O) groups excluding carboxylic acids is 3. The molecule has 2 aromatic carbocycles. The number of aryl methyl sites for hydroxylation is 3. The maximum atomic E-state index is 13.3. The number of carbonyl (C=O) groups is 3. The van der Waals surface area contributed by atoms with E-state index < -0.39 is 11.8 Å². The first-order valence-electron chi connectivity index (χ1n) is 14.3. The Kier molecular flexibility index (Phi) is 7.36. The summed E-state index contributed by atoms with van der Waals surface area (Å²) in [5, 5.41) is 7.28. The molecule has 0 atom stereocenters. The van der Waals surface area contributed by atoms with Gasteiger partial charge in [-0.2, -0.15) is 5.10 Å². The minimum absolute atomic E-state index is 0.172. The van der Waals surface area contributed by atoms with E-state index >= 15 is 0 Å². The third-order valence-electron chi connectivity index (χ3n) is 7.53. The first kappa shape index (κ1) is 29.2. The maximum Gasteiger partial charge on any atom is 0.276 e. The number of hydrogen-bond donors (Lipinski definition) is 4. The van der Waals surface area contributed by atoms with Crippen molar-refractivity contribution < 1.29 is 23.9 Å². The molecule has 0 saturated carbocycles. The Morgan fingerprint density at radius 1 is 0.911 bits per heavy atom. The Labute approximate surface area is 256 Å². The number of hydrogen-bond acceptors (Lipinski definition) is 9. The van der Waals surface area contributed by atoms with Crippen LogP contribution < -0.4 is 32.0 Å². The summed E-state index contributed by atoms with van der Waals surface area (Å²) < 4.78 is 16.8. The fourth-order valence-corrected chi connectivity index (χ4v) is 5.58. The Balaban J connectivity index is 1.35. The van der Waals surface area contributed by atoms with Gasteiger partial charge in [-0.3, -0.25) is 24.4 Å². The summed E-state index contributed by atoms with van der Waals surface area (Å²) in [5.74, 6) is -0.476. The molecule has 0 unspecified atom stereocenters. The number of allylic oxidation sites excluding steroid dienone is 2. The summed E-state index contributed by atoms with van der Waals surface area (Å²) in [5.41, 5.74) is 22.0. The summed E-state index contributed by atoms with van der Waals surface area (Å²) in [6.07, 6.45) is 3.78. The fourth-order valence-electron chi connectivity index (χ4n) is 5.58. The van der Waals surface area contributed by atoms with Gasteiger partial charge in [0.15, 0.2) is 11.5 Å². The molecule has 3 amide bonds. The number of aromatic nitrogens is 6. The van der Waals surface area contributed by atoms with E-state index in [-0.39, 0.29) is 35.7 Å². The molecular weight excluding hydrogens is 580 g/mol. The van der Waals surface area contributed by atoms with Crippen LogP contribution in [0.15, 0.2) is 36.4 Å². The summed E-state index contributed by atoms with van der Waals surface area (Å²) >= 11 is 0. The molecule has 1 aliphatic rings. The van der Waals surface area contributed by atoms with Gasteiger partial charge in [-0.05, 0) is 50.6 Å². The number of nitrogens with two attached hydrogens (primary N) is 3. The highest BCUT2D eigenvalue weighted by molar-refractivity contribution is 6.04. The molecule has 0 saturated heterocycles. The molecule has 15 heteroatoms. The average molecular weight is 613 g/mol. The number of nitrogens with zero attached hydrogens (tertiary/aromatic N) is 6. The highest BCUT2D eigenvalue weighted by Crippen LogP contribution is 2.41. The first-order valence-corrected chi connectivity index (χ1v) is 14.3. The van der Waals surface area contributed by atoms with Gasteiger partial charge in [-0.25, -0.2) is 9.97 Å². The lowest BCUT2D eigenvalue weighted by atomic mass is 10.1. The van der Waals surface area contributed by atoms with E-state index in [1.807, 2.05) is 37.5 Å². The van der Waals surface area contributed by atoms with Crippen LogP contribution in [0, 0.1) is 13.8 Å². The van der Waals surface area contributed by atoms with Crippen LogP contribution >= 0.6 is 0 Å². The molecule has 7 N–H and O–H groups in total. The summed E-state index contributed by atoms with van der Waals surface area (Å²) in [6.45, 7) is 7.28. The van der Waals surface area contributed by atoms with Gasteiger partial charge in [-0.15, -0.1) is 0 Å². The number of benzene rings is 2. The number of primary amides is 2. The van der Waals surface area contributed by atoms with E-state index in [0.717, 1.165) is 16.8 Å². The second-order valence-corrected chi connectivity index (χ2v) is 10.6. The van der Waals surface area contributed by atoms with Crippen molar-refractivity contribution in [1.82, 2.24) is 28.9 Å². The predicted molar refractivity (Wildman–Crippen MR) is 166 cm³/mol. The number of anilines is 2. The topological polar surface area (TPSA) is 213 Å². The molecule has 3 aromatic heterocycles. The van der Waals surface area contributed by atoms with Crippen molar-refractivity contribution in [2.75, 3.05) is 24.3 Å². The molecule has 45 heavy (non-hydrogen) atoms. The third kappa shape index (κ3) is 5.17. The van der Waals surface area contributed by atoms with E-state index in [1.165, 1.54) is 0 Å². The minimum atomic E-state index is -0.658. The fraction of sp³-hybridized carbons (Fsp3) is 0.267. The van der Waals surface area contributed by atoms with Crippen molar-refractivity contribution in [3.63, 3.8) is 0 Å². The number of ether oxygens (including phenoxy) is 2. The van der Waals surface area contributed by atoms with Crippen LogP contribution in [0.3, 0.4) is 0 Å². The van der Waals surface area contributed by atoms with Crippen LogP contribution in [-0.4, -0.2) is 59.8 Å². The molecule has 0 radical (unpaired) electrons. The molecule has 5 aromatic rings. The van der Waals surface area contributed by atoms with E-state index in [4.69, 9.17) is 26.7 Å². The summed E-state index contributed by atoms with van der Waals surface area (Å²) in [7, 11) is 0. The highest BCUT2D eigenvalue weighted by Gasteiger charge is 2.26. The lowest BCUT2D eigenvalue weighted by Gasteiger charge is -2.21. The summed E-state index contributed by atoms with van der Waals surface area (Å²) in [6, 6.07) is 6.55. The van der Waals surface area contributed by atoms with Crippen molar-refractivity contribution in [3.05, 3.63) is 64.5 Å². The predicted octanol–water partition coefficient (Wildman–Crippen LogP) is 2.28. The van der Waals surface area contributed by atoms with E-state index in [2.05, 4.69) is 20.4 Å². The second kappa shape index (κ2) is 11.3. The molecular formula is C30H32N10O5. The maximum absolute atomic E-state index is 13.3. The van der Waals surface area contributed by atoms with Crippen LogP contribution in [-0.2, 0) is 19.6 Å². The van der Waals surface area contributed by atoms with Gasteiger partial charge in [0.2, 0.25) is 17.8 Å². The van der Waals surface area contributed by atoms with Gasteiger partial charge in [0.1, 0.15) is 24.4 Å². The van der Waals surface area contributed by atoms with Crippen molar-refractivity contribution in [3.8, 4) is 11.5 Å². The highest BCUT2D eigenvalue weighted by atomic mass is 16.6. The third-order valence-corrected chi connectivity index (χ3v) is 7.53. The Bertz CT molecular complexity index is 2050. The zero-order valence-corrected chi connectivity index (χ0v) is 25.0. The lowest BCUT2D eigenvalue weighted by Crippen LogP contribution is -2.21. The van der Waals surface area contributed by atoms with Crippen LogP contribution in [0.2, 0.25) is 0 Å². The van der Waals surface area contributed by atoms with Gasteiger partial charge in [0, 0.05) is 25.2 Å². The second-order valence-electron chi connectivity index (χ2n) is 10.6. The van der Waals surface area contributed by atoms with Crippen molar-refractivity contribution in [1.29, 1.82) is 0 Å². The van der Waals surface area contributed by atoms with Crippen molar-refractivity contribution in [2.24, 2.45) is 11.5 Å². The first-order chi connectivity index (χ1) is 21.6. The lowest BCUT2D eigenvalue weighted by molar-refractivity contribution is 0.0984. The smallest absolute Gasteiger partial charge is 0.276 e. The molecule has 0 spiro atoms. The van der Waals surface area contributed by atoms with Gasteiger partial charge < -0.3 is 35.8 Å². The normalized spacial score (nSPS) is 12.8. The van der Waals surface area contributed by atoms with Gasteiger partial charge in [-0.1, -0.05) is 12.2 Å². The monoisotopic (exact) mass is 612 g/mol. The molecule has 0 bridgehead atoms. The van der Waals surface area contributed by atoms with Crippen LogP contribution in [0.1, 0.15) is 49.4 Å².